The van der Waals surface area contributed by atoms with Gasteiger partial charge in [-0.15, -0.1) is 0 Å². The second-order valence-electron chi connectivity index (χ2n) is 5.29. The Morgan fingerprint density at radius 3 is 2.33 bits per heavy atom. The van der Waals surface area contributed by atoms with Gasteiger partial charge < -0.3 is 13.4 Å². The van der Waals surface area contributed by atoms with Crippen molar-refractivity contribution in [2.45, 2.75) is 11.8 Å². The normalized spacial score (nSPS) is 11.2. The Morgan fingerprint density at radius 1 is 1.11 bits per heavy atom. The fourth-order valence-corrected chi connectivity index (χ4v) is 3.30. The Bertz CT molecular complexity index is 1090. The molecular weight excluding hydrogens is 378 g/mol. The third-order valence-corrected chi connectivity index (χ3v) is 4.77. The van der Waals surface area contributed by atoms with Crippen molar-refractivity contribution in [2.24, 2.45) is 0 Å². The summed E-state index contributed by atoms with van der Waals surface area (Å²) >= 11 is 0. The lowest BCUT2D eigenvalue weighted by atomic mass is 10.2. The van der Waals surface area contributed by atoms with Crippen LogP contribution in [0.5, 0.6) is 11.5 Å². The van der Waals surface area contributed by atoms with Gasteiger partial charge in [0.25, 0.3) is 5.69 Å². The summed E-state index contributed by atoms with van der Waals surface area (Å²) in [4.78, 5) is 13.9. The van der Waals surface area contributed by atoms with Crippen LogP contribution >= 0.6 is 0 Å². The zero-order valence-corrected chi connectivity index (χ0v) is 15.0. The molecule has 0 saturated heterocycles. The summed E-state index contributed by atoms with van der Waals surface area (Å²) in [6.45, 7) is 1.64. The molecule has 0 aliphatic carbocycles. The van der Waals surface area contributed by atoms with Gasteiger partial charge in [0, 0.05) is 12.5 Å². The zero-order valence-electron chi connectivity index (χ0n) is 14.1. The molecule has 0 aliphatic heterocycles. The summed E-state index contributed by atoms with van der Waals surface area (Å²) in [5, 5.41) is 15.0. The number of methoxy groups -OCH3 is 1. The number of hydrogen-bond acceptors (Lipinski definition) is 9. The lowest BCUT2D eigenvalue weighted by molar-refractivity contribution is -0.388. The maximum atomic E-state index is 12.5. The summed E-state index contributed by atoms with van der Waals surface area (Å²) < 4.78 is 39.7. The number of aryl methyl sites for hydroxylation is 1. The molecule has 0 bridgehead atoms. The van der Waals surface area contributed by atoms with Crippen molar-refractivity contribution >= 4 is 15.8 Å². The molecule has 3 rings (SSSR count). The fraction of sp³-hybridized carbons (Fsp3) is 0.125. The number of ether oxygens (including phenoxy) is 1. The van der Waals surface area contributed by atoms with Crippen LogP contribution in [0.1, 0.15) is 5.89 Å². The van der Waals surface area contributed by atoms with E-state index in [1.807, 2.05) is 0 Å². The van der Waals surface area contributed by atoms with Crippen LogP contribution in [-0.4, -0.2) is 30.6 Å². The van der Waals surface area contributed by atoms with Gasteiger partial charge >= 0.3 is 10.1 Å². The number of hydrogen-bond donors (Lipinski definition) is 0. The van der Waals surface area contributed by atoms with E-state index < -0.39 is 25.6 Å². The highest BCUT2D eigenvalue weighted by atomic mass is 32.2. The van der Waals surface area contributed by atoms with Gasteiger partial charge in [-0.1, -0.05) is 5.16 Å². The molecule has 27 heavy (non-hydrogen) atoms. The SMILES string of the molecule is COc1ccc(S(=O)(=O)Oc2ccc(-c3noc(C)n3)cc2)c([N+](=O)[O-])c1. The highest BCUT2D eigenvalue weighted by molar-refractivity contribution is 7.87. The number of nitro groups is 1. The van der Waals surface area contributed by atoms with Crippen LogP contribution in [0.4, 0.5) is 5.69 Å². The highest BCUT2D eigenvalue weighted by Gasteiger charge is 2.28. The molecule has 0 saturated carbocycles. The van der Waals surface area contributed by atoms with E-state index in [2.05, 4.69) is 10.1 Å². The van der Waals surface area contributed by atoms with Crippen molar-refractivity contribution in [1.82, 2.24) is 10.1 Å². The summed E-state index contributed by atoms with van der Waals surface area (Å²) in [5.74, 6) is 0.858. The zero-order chi connectivity index (χ0) is 19.6. The number of nitrogens with zero attached hydrogens (tertiary/aromatic N) is 3. The smallest absolute Gasteiger partial charge is 0.346 e. The molecular formula is C16H13N3O7S. The van der Waals surface area contributed by atoms with Crippen LogP contribution in [-0.2, 0) is 10.1 Å². The minimum Gasteiger partial charge on any atom is -0.497 e. The van der Waals surface area contributed by atoms with Crippen LogP contribution < -0.4 is 8.92 Å². The molecule has 0 fully saturated rings. The molecule has 0 unspecified atom stereocenters. The molecule has 0 spiro atoms. The van der Waals surface area contributed by atoms with Crippen molar-refractivity contribution in [3.63, 3.8) is 0 Å². The van der Waals surface area contributed by atoms with Gasteiger partial charge in [-0.25, -0.2) is 0 Å². The van der Waals surface area contributed by atoms with E-state index in [0.29, 0.717) is 17.3 Å². The second kappa shape index (κ2) is 7.03. The fourth-order valence-electron chi connectivity index (χ4n) is 2.23. The Kier molecular flexibility index (Phi) is 4.77. The van der Waals surface area contributed by atoms with Gasteiger partial charge in [0.05, 0.1) is 18.1 Å². The Morgan fingerprint density at radius 2 is 1.78 bits per heavy atom. The molecule has 0 N–H and O–H groups in total. The quantitative estimate of drug-likeness (QED) is 0.353. The minimum atomic E-state index is -4.43. The lowest BCUT2D eigenvalue weighted by Gasteiger charge is -2.08. The first-order chi connectivity index (χ1) is 12.8. The van der Waals surface area contributed by atoms with E-state index >= 15 is 0 Å². The predicted octanol–water partition coefficient (Wildman–Crippen LogP) is 2.73. The van der Waals surface area contributed by atoms with Gasteiger partial charge in [0.2, 0.25) is 11.7 Å². The van der Waals surface area contributed by atoms with Crippen molar-refractivity contribution in [3.05, 3.63) is 58.5 Å². The maximum Gasteiger partial charge on any atom is 0.346 e. The average molecular weight is 391 g/mol. The van der Waals surface area contributed by atoms with Crippen molar-refractivity contribution in [3.8, 4) is 22.9 Å². The van der Waals surface area contributed by atoms with E-state index in [1.54, 1.807) is 6.92 Å². The Hall–Kier alpha value is -3.47. The third-order valence-electron chi connectivity index (χ3n) is 3.48. The number of nitro benzene ring substituents is 1. The van der Waals surface area contributed by atoms with Crippen LogP contribution in [0, 0.1) is 17.0 Å². The molecule has 3 aromatic rings. The Balaban J connectivity index is 1.90. The van der Waals surface area contributed by atoms with Gasteiger partial charge in [-0.3, -0.25) is 10.1 Å². The van der Waals surface area contributed by atoms with Crippen LogP contribution in [0.3, 0.4) is 0 Å². The van der Waals surface area contributed by atoms with Crippen molar-refractivity contribution < 1.29 is 26.8 Å². The first-order valence-electron chi connectivity index (χ1n) is 7.48. The third kappa shape index (κ3) is 3.87. The number of benzene rings is 2. The predicted molar refractivity (Wildman–Crippen MR) is 91.9 cm³/mol. The van der Waals surface area contributed by atoms with Crippen molar-refractivity contribution in [2.75, 3.05) is 7.11 Å². The van der Waals surface area contributed by atoms with Crippen LogP contribution in [0.15, 0.2) is 51.9 Å². The molecule has 1 aromatic heterocycles. The van der Waals surface area contributed by atoms with E-state index in [9.17, 15) is 18.5 Å². The largest absolute Gasteiger partial charge is 0.497 e. The minimum absolute atomic E-state index is 0.0240. The van der Waals surface area contributed by atoms with E-state index in [1.165, 1.54) is 37.4 Å². The molecule has 0 radical (unpaired) electrons. The van der Waals surface area contributed by atoms with E-state index in [-0.39, 0.29) is 11.5 Å². The van der Waals surface area contributed by atoms with Gasteiger partial charge in [0.15, 0.2) is 4.90 Å². The monoisotopic (exact) mass is 391 g/mol. The first-order valence-corrected chi connectivity index (χ1v) is 8.88. The first kappa shape index (κ1) is 18.3. The molecule has 1 heterocycles. The molecule has 10 nitrogen and oxygen atoms in total. The van der Waals surface area contributed by atoms with Gasteiger partial charge in [-0.05, 0) is 36.4 Å². The van der Waals surface area contributed by atoms with Crippen LogP contribution in [0.2, 0.25) is 0 Å². The highest BCUT2D eigenvalue weighted by Crippen LogP contribution is 2.31. The van der Waals surface area contributed by atoms with E-state index in [0.717, 1.165) is 12.1 Å². The molecule has 0 aliphatic rings. The second-order valence-corrected chi connectivity index (χ2v) is 6.80. The van der Waals surface area contributed by atoms with Crippen LogP contribution in [0.25, 0.3) is 11.4 Å². The number of rotatable bonds is 6. The lowest BCUT2D eigenvalue weighted by Crippen LogP contribution is -2.12. The van der Waals surface area contributed by atoms with Gasteiger partial charge in [-0.2, -0.15) is 13.4 Å². The summed E-state index contributed by atoms with van der Waals surface area (Å²) in [6.07, 6.45) is 0. The molecule has 0 amide bonds. The summed E-state index contributed by atoms with van der Waals surface area (Å²) in [5.41, 5.74) is -0.0553. The van der Waals surface area contributed by atoms with E-state index in [4.69, 9.17) is 13.4 Å². The summed E-state index contributed by atoms with van der Waals surface area (Å²) in [7, 11) is -3.12. The molecule has 140 valence electrons. The van der Waals surface area contributed by atoms with Gasteiger partial charge in [0.1, 0.15) is 11.5 Å². The standard InChI is InChI=1S/C16H13N3O7S/c1-10-17-16(18-25-10)11-3-5-12(6-4-11)26-27(22,23)15-8-7-13(24-2)9-14(15)19(20)21/h3-9H,1-2H3. The Labute approximate surface area is 153 Å². The summed E-state index contributed by atoms with van der Waals surface area (Å²) in [6, 6.07) is 9.21. The average Bonchev–Trinajstić information content (AvgIpc) is 3.07. The molecule has 2 aromatic carbocycles. The maximum absolute atomic E-state index is 12.5. The molecule has 11 heteroatoms. The molecule has 0 atom stereocenters. The van der Waals surface area contributed by atoms with Crippen molar-refractivity contribution in [1.29, 1.82) is 0 Å². The number of aromatic nitrogens is 2. The topological polar surface area (TPSA) is 135 Å².